The average molecular weight is 536 g/mol. The van der Waals surface area contributed by atoms with Gasteiger partial charge in [-0.1, -0.05) is 6.92 Å². The third-order valence-electron chi connectivity index (χ3n) is 9.92. The maximum Gasteiger partial charge on any atom is 0.257 e. The van der Waals surface area contributed by atoms with Crippen molar-refractivity contribution in [2.45, 2.75) is 76.4 Å². The van der Waals surface area contributed by atoms with Gasteiger partial charge < -0.3 is 29.5 Å². The van der Waals surface area contributed by atoms with E-state index in [0.29, 0.717) is 46.7 Å². The minimum atomic E-state index is -1.71. The molecule has 0 bridgehead atoms. The number of nitrogens with zero attached hydrogens (tertiary/aromatic N) is 3. The largest absolute Gasteiger partial charge is 0.395 e. The Morgan fingerprint density at radius 3 is 2.82 bits per heavy atom. The fourth-order valence-electron chi connectivity index (χ4n) is 7.86. The molecule has 2 aromatic heterocycles. The second-order valence-corrected chi connectivity index (χ2v) is 11.8. The molecule has 7 rings (SSSR count). The highest BCUT2D eigenvalue weighted by molar-refractivity contribution is 5.93. The molecular formula is C30H34FN3O5. The number of hydrogen-bond donors (Lipinski definition) is 3. The summed E-state index contributed by atoms with van der Waals surface area (Å²) < 4.78 is 22.3. The Morgan fingerprint density at radius 1 is 1.23 bits per heavy atom. The van der Waals surface area contributed by atoms with E-state index >= 15 is 4.39 Å². The molecule has 3 atom stereocenters. The van der Waals surface area contributed by atoms with E-state index in [1.165, 1.54) is 6.07 Å². The van der Waals surface area contributed by atoms with Crippen LogP contribution in [0.3, 0.4) is 0 Å². The molecule has 1 aromatic carbocycles. The van der Waals surface area contributed by atoms with Crippen molar-refractivity contribution in [2.24, 2.45) is 0 Å². The van der Waals surface area contributed by atoms with E-state index in [-0.39, 0.29) is 36.4 Å². The van der Waals surface area contributed by atoms with Gasteiger partial charge in [0, 0.05) is 46.6 Å². The first-order valence-electron chi connectivity index (χ1n) is 14.0. The van der Waals surface area contributed by atoms with Crippen molar-refractivity contribution in [3.8, 4) is 11.4 Å². The highest BCUT2D eigenvalue weighted by Crippen LogP contribution is 2.51. The van der Waals surface area contributed by atoms with E-state index < -0.39 is 11.9 Å². The molecule has 0 amide bonds. The van der Waals surface area contributed by atoms with Crippen LogP contribution in [0.1, 0.15) is 66.0 Å². The maximum atomic E-state index is 15.2. The summed E-state index contributed by atoms with van der Waals surface area (Å²) in [4.78, 5) is 21.1. The highest BCUT2D eigenvalue weighted by Gasteiger charge is 2.47. The molecule has 3 N–H and O–H groups in total. The standard InChI is InChI=1S/C30H34FN3O5/c1-3-30(38)20-11-23-26-18(13-34(23)27(36)19(20)14-39-28(30)37)25-24-17(16(2)21(31)12-22(24)32-26)5-7-29(25)6-4-8-33(15-29)9-10-35/h11-12,28,35,37-38H,3-10,13-15H2,1-2H3/t28?,29-,30-/m0/s1. The maximum absolute atomic E-state index is 15.2. The quantitative estimate of drug-likeness (QED) is 0.370. The number of β-amino-alcohol motifs (C(OH)–C–C–N with tert-alkyl or cyclic N) is 1. The Hall–Kier alpha value is -2.69. The van der Waals surface area contributed by atoms with Crippen molar-refractivity contribution in [1.82, 2.24) is 14.5 Å². The molecule has 3 aromatic rings. The van der Waals surface area contributed by atoms with E-state index in [2.05, 4.69) is 4.90 Å². The lowest BCUT2D eigenvalue weighted by Gasteiger charge is -2.47. The molecule has 1 saturated heterocycles. The Morgan fingerprint density at radius 2 is 2.05 bits per heavy atom. The molecule has 3 aliphatic heterocycles. The van der Waals surface area contributed by atoms with Gasteiger partial charge in [-0.2, -0.15) is 0 Å². The van der Waals surface area contributed by atoms with Gasteiger partial charge in [0.05, 0.1) is 36.7 Å². The fourth-order valence-corrected chi connectivity index (χ4v) is 7.86. The topological polar surface area (TPSA) is 108 Å². The molecule has 1 spiro atoms. The van der Waals surface area contributed by atoms with E-state index in [0.717, 1.165) is 60.8 Å². The monoisotopic (exact) mass is 535 g/mol. The fraction of sp³-hybridized carbons (Fsp3) is 0.533. The van der Waals surface area contributed by atoms with Gasteiger partial charge in [0.25, 0.3) is 5.56 Å². The van der Waals surface area contributed by atoms with Gasteiger partial charge in [0.2, 0.25) is 0 Å². The predicted molar refractivity (Wildman–Crippen MR) is 143 cm³/mol. The third kappa shape index (κ3) is 3.34. The summed E-state index contributed by atoms with van der Waals surface area (Å²) in [7, 11) is 0. The number of aryl methyl sites for hydroxylation is 1. The van der Waals surface area contributed by atoms with Crippen LogP contribution in [0.25, 0.3) is 22.3 Å². The van der Waals surface area contributed by atoms with Gasteiger partial charge in [-0.3, -0.25) is 4.79 Å². The molecular weight excluding hydrogens is 501 g/mol. The first-order chi connectivity index (χ1) is 18.7. The van der Waals surface area contributed by atoms with Crippen molar-refractivity contribution >= 4 is 10.9 Å². The smallest absolute Gasteiger partial charge is 0.257 e. The van der Waals surface area contributed by atoms with E-state index in [9.17, 15) is 20.1 Å². The molecule has 0 radical (unpaired) electrons. The van der Waals surface area contributed by atoms with Crippen LogP contribution in [0.2, 0.25) is 0 Å². The Bertz CT molecular complexity index is 1600. The summed E-state index contributed by atoms with van der Waals surface area (Å²) in [5.74, 6) is -0.279. The van der Waals surface area contributed by atoms with Crippen molar-refractivity contribution in [1.29, 1.82) is 0 Å². The zero-order valence-corrected chi connectivity index (χ0v) is 22.4. The van der Waals surface area contributed by atoms with Gasteiger partial charge in [-0.15, -0.1) is 0 Å². The van der Waals surface area contributed by atoms with Crippen LogP contribution in [-0.2, 0) is 35.3 Å². The zero-order valence-electron chi connectivity index (χ0n) is 22.4. The normalized spacial score (nSPS) is 27.6. The van der Waals surface area contributed by atoms with Crippen LogP contribution in [0.5, 0.6) is 0 Å². The summed E-state index contributed by atoms with van der Waals surface area (Å²) >= 11 is 0. The first kappa shape index (κ1) is 25.3. The summed E-state index contributed by atoms with van der Waals surface area (Å²) in [6, 6.07) is 3.30. The molecule has 206 valence electrons. The molecule has 39 heavy (non-hydrogen) atoms. The summed E-state index contributed by atoms with van der Waals surface area (Å²) in [6.45, 7) is 6.28. The number of rotatable bonds is 3. The number of hydrogen-bond acceptors (Lipinski definition) is 7. The minimum Gasteiger partial charge on any atom is -0.395 e. The van der Waals surface area contributed by atoms with Crippen molar-refractivity contribution in [3.05, 3.63) is 61.7 Å². The lowest BCUT2D eigenvalue weighted by Crippen LogP contribution is -2.49. The van der Waals surface area contributed by atoms with Crippen LogP contribution in [0.4, 0.5) is 4.39 Å². The molecule has 9 heteroatoms. The number of piperidine rings is 1. The van der Waals surface area contributed by atoms with Crippen LogP contribution in [-0.4, -0.2) is 62.3 Å². The van der Waals surface area contributed by atoms with Gasteiger partial charge in [0.1, 0.15) is 11.4 Å². The SMILES string of the molecule is CC[C@]1(O)c2cc3n(c(=O)c2COC1O)Cc1c-3nc2cc(F)c(C)c3c2c1[C@@]1(CCCN(CCO)C1)CC3. The van der Waals surface area contributed by atoms with E-state index in [1.54, 1.807) is 17.6 Å². The van der Waals surface area contributed by atoms with Gasteiger partial charge >= 0.3 is 0 Å². The molecule has 5 heterocycles. The molecule has 1 fully saturated rings. The van der Waals surface area contributed by atoms with Crippen LogP contribution < -0.4 is 5.56 Å². The third-order valence-corrected chi connectivity index (χ3v) is 9.92. The average Bonchev–Trinajstić information content (AvgIpc) is 3.29. The van der Waals surface area contributed by atoms with E-state index in [4.69, 9.17) is 9.72 Å². The summed E-state index contributed by atoms with van der Waals surface area (Å²) in [5.41, 5.74) is 4.20. The molecule has 4 aliphatic rings. The molecule has 8 nitrogen and oxygen atoms in total. The molecule has 1 aliphatic carbocycles. The van der Waals surface area contributed by atoms with Crippen LogP contribution in [0.15, 0.2) is 16.9 Å². The number of pyridine rings is 2. The van der Waals surface area contributed by atoms with Crippen molar-refractivity contribution < 1.29 is 24.4 Å². The molecule has 0 saturated carbocycles. The minimum absolute atomic E-state index is 0.0782. The summed E-state index contributed by atoms with van der Waals surface area (Å²) in [5, 5.41) is 32.6. The Kier molecular flexibility index (Phi) is 5.61. The van der Waals surface area contributed by atoms with Gasteiger partial charge in [-0.05, 0) is 68.3 Å². The lowest BCUT2D eigenvalue weighted by molar-refractivity contribution is -0.236. The number of fused-ring (bicyclic) bond motifs is 6. The van der Waals surface area contributed by atoms with Gasteiger partial charge in [-0.25, -0.2) is 9.37 Å². The number of ether oxygens (including phenoxy) is 1. The zero-order chi connectivity index (χ0) is 27.3. The predicted octanol–water partition coefficient (Wildman–Crippen LogP) is 2.59. The number of halogens is 1. The Labute approximate surface area is 225 Å². The van der Waals surface area contributed by atoms with Crippen molar-refractivity contribution in [3.63, 3.8) is 0 Å². The number of aromatic nitrogens is 2. The molecule has 1 unspecified atom stereocenters. The van der Waals surface area contributed by atoms with Gasteiger partial charge in [0.15, 0.2) is 6.29 Å². The highest BCUT2D eigenvalue weighted by atomic mass is 19.1. The van der Waals surface area contributed by atoms with Crippen molar-refractivity contribution in [2.75, 3.05) is 26.2 Å². The summed E-state index contributed by atoms with van der Waals surface area (Å²) in [6.07, 6.45) is 2.34. The number of benzene rings is 1. The second-order valence-electron chi connectivity index (χ2n) is 11.8. The number of aliphatic hydroxyl groups is 3. The number of likely N-dealkylation sites (tertiary alicyclic amines) is 1. The Balaban J connectivity index is 1.52. The van der Waals surface area contributed by atoms with Crippen LogP contribution >= 0.6 is 0 Å². The second kappa shape index (κ2) is 8.65. The number of aliphatic hydroxyl groups excluding tert-OH is 2. The first-order valence-corrected chi connectivity index (χ1v) is 14.0. The lowest BCUT2D eigenvalue weighted by atomic mass is 9.64. The van der Waals surface area contributed by atoms with Crippen LogP contribution in [0, 0.1) is 12.7 Å². The van der Waals surface area contributed by atoms with E-state index in [1.807, 2.05) is 6.92 Å².